The number of Topliss-reactive ketones (excluding diaryl/α,β-unsaturated/α-hetero) is 2. The number of ketones is 2. The Balaban J connectivity index is 1.55. The summed E-state index contributed by atoms with van der Waals surface area (Å²) in [7, 11) is 0. The molecule has 0 N–H and O–H groups in total. The van der Waals surface area contributed by atoms with E-state index in [4.69, 9.17) is 0 Å². The molecule has 2 aliphatic carbocycles. The molecule has 2 atom stereocenters. The first-order chi connectivity index (χ1) is 14.8. The summed E-state index contributed by atoms with van der Waals surface area (Å²) in [6.45, 7) is 0. The van der Waals surface area contributed by atoms with Gasteiger partial charge >= 0.3 is 0 Å². The lowest BCUT2D eigenvalue weighted by atomic mass is 9.66. The van der Waals surface area contributed by atoms with Gasteiger partial charge in [-0.2, -0.15) is 0 Å². The number of carbonyl (C=O) groups excluding carboxylic acids is 2. The van der Waals surface area contributed by atoms with Crippen molar-refractivity contribution in [2.24, 2.45) is 11.8 Å². The standard InChI is InChI=1S/C23H18N2O6/c26-22-16(9-14-1-5-20(6-2-14)24(28)29)11-18-13-19(22)12-17(23(18)27)10-15-3-7-21(8-4-15)25(30)31/h1-10,18-19H,11-13H2. The first-order valence-corrected chi connectivity index (χ1v) is 9.80. The van der Waals surface area contributed by atoms with Gasteiger partial charge in [0.1, 0.15) is 0 Å². The van der Waals surface area contributed by atoms with Gasteiger partial charge in [0, 0.05) is 36.1 Å². The first-order valence-electron chi connectivity index (χ1n) is 9.80. The molecule has 8 nitrogen and oxygen atoms in total. The van der Waals surface area contributed by atoms with Crippen LogP contribution < -0.4 is 0 Å². The van der Waals surface area contributed by atoms with Crippen molar-refractivity contribution in [2.75, 3.05) is 0 Å². The Bertz CT molecular complexity index is 1050. The van der Waals surface area contributed by atoms with E-state index in [1.165, 1.54) is 24.3 Å². The summed E-state index contributed by atoms with van der Waals surface area (Å²) >= 11 is 0. The van der Waals surface area contributed by atoms with Crippen LogP contribution in [0, 0.1) is 32.1 Å². The molecule has 31 heavy (non-hydrogen) atoms. The van der Waals surface area contributed by atoms with Crippen molar-refractivity contribution in [3.63, 3.8) is 0 Å². The molecule has 0 aliphatic heterocycles. The van der Waals surface area contributed by atoms with E-state index >= 15 is 0 Å². The zero-order valence-corrected chi connectivity index (χ0v) is 16.4. The van der Waals surface area contributed by atoms with Crippen LogP contribution in [0.2, 0.25) is 0 Å². The SMILES string of the molecule is O=C1C(=Cc2ccc([N+](=O)[O-])cc2)CC2CC1CC(=Cc1ccc([N+](=O)[O-])cc1)C2=O. The molecule has 2 unspecified atom stereocenters. The highest BCUT2D eigenvalue weighted by Crippen LogP contribution is 2.41. The minimum atomic E-state index is -0.482. The van der Waals surface area contributed by atoms with Crippen LogP contribution in [0.1, 0.15) is 30.4 Å². The lowest BCUT2D eigenvalue weighted by molar-refractivity contribution is -0.385. The van der Waals surface area contributed by atoms with Gasteiger partial charge in [-0.15, -0.1) is 0 Å². The predicted molar refractivity (Wildman–Crippen MR) is 113 cm³/mol. The van der Waals surface area contributed by atoms with Crippen LogP contribution in [-0.2, 0) is 9.59 Å². The summed E-state index contributed by atoms with van der Waals surface area (Å²) in [5, 5.41) is 21.6. The average Bonchev–Trinajstić information content (AvgIpc) is 2.75. The molecule has 0 radical (unpaired) electrons. The molecule has 2 saturated carbocycles. The topological polar surface area (TPSA) is 120 Å². The Labute approximate surface area is 177 Å². The molecule has 156 valence electrons. The molecule has 0 saturated heterocycles. The highest BCUT2D eigenvalue weighted by atomic mass is 16.6. The fraction of sp³-hybridized carbons (Fsp3) is 0.217. The molecule has 2 aromatic carbocycles. The fourth-order valence-corrected chi connectivity index (χ4v) is 4.21. The largest absolute Gasteiger partial charge is 0.294 e. The van der Waals surface area contributed by atoms with E-state index in [-0.39, 0.29) is 34.8 Å². The Morgan fingerprint density at radius 1 is 0.677 bits per heavy atom. The monoisotopic (exact) mass is 418 g/mol. The highest BCUT2D eigenvalue weighted by molar-refractivity contribution is 6.10. The number of fused-ring (bicyclic) bond motifs is 2. The van der Waals surface area contributed by atoms with E-state index in [1.807, 2.05) is 0 Å². The molecule has 2 fully saturated rings. The predicted octanol–water partition coefficient (Wildman–Crippen LogP) is 4.54. The molecular formula is C23H18N2O6. The minimum Gasteiger partial charge on any atom is -0.294 e. The van der Waals surface area contributed by atoms with Crippen molar-refractivity contribution in [1.82, 2.24) is 0 Å². The molecule has 2 aromatic rings. The Morgan fingerprint density at radius 3 is 1.35 bits per heavy atom. The van der Waals surface area contributed by atoms with Crippen molar-refractivity contribution in [1.29, 1.82) is 0 Å². The molecule has 0 amide bonds. The van der Waals surface area contributed by atoms with Crippen molar-refractivity contribution < 1.29 is 19.4 Å². The van der Waals surface area contributed by atoms with Gasteiger partial charge in [-0.05, 0) is 78.0 Å². The van der Waals surface area contributed by atoms with Crippen LogP contribution in [-0.4, -0.2) is 21.4 Å². The van der Waals surface area contributed by atoms with Gasteiger partial charge < -0.3 is 0 Å². The van der Waals surface area contributed by atoms with E-state index in [0.29, 0.717) is 41.5 Å². The van der Waals surface area contributed by atoms with Crippen LogP contribution in [0.3, 0.4) is 0 Å². The summed E-state index contributed by atoms with van der Waals surface area (Å²) in [5.74, 6) is -0.580. The molecule has 2 aliphatic rings. The summed E-state index contributed by atoms with van der Waals surface area (Å²) in [6, 6.07) is 11.9. The fourth-order valence-electron chi connectivity index (χ4n) is 4.21. The van der Waals surface area contributed by atoms with Gasteiger partial charge in [0.2, 0.25) is 0 Å². The van der Waals surface area contributed by atoms with Crippen molar-refractivity contribution in [3.05, 3.63) is 91.0 Å². The van der Waals surface area contributed by atoms with Gasteiger partial charge in [0.05, 0.1) is 9.85 Å². The quantitative estimate of drug-likeness (QED) is 0.408. The molecule has 8 heteroatoms. The number of allylic oxidation sites excluding steroid dienone is 2. The maximum Gasteiger partial charge on any atom is 0.269 e. The molecule has 0 spiro atoms. The number of nitrogens with zero attached hydrogens (tertiary/aromatic N) is 2. The number of nitro benzene ring substituents is 2. The first kappa shape index (κ1) is 20.3. The third-order valence-electron chi connectivity index (χ3n) is 5.77. The van der Waals surface area contributed by atoms with Gasteiger partial charge in [0.25, 0.3) is 11.4 Å². The number of benzene rings is 2. The molecule has 2 bridgehead atoms. The number of hydrogen-bond acceptors (Lipinski definition) is 6. The van der Waals surface area contributed by atoms with Gasteiger partial charge in [-0.25, -0.2) is 0 Å². The summed E-state index contributed by atoms with van der Waals surface area (Å²) < 4.78 is 0. The van der Waals surface area contributed by atoms with Gasteiger partial charge in [0.15, 0.2) is 11.6 Å². The summed E-state index contributed by atoms with van der Waals surface area (Å²) in [5.41, 5.74) is 2.46. The van der Waals surface area contributed by atoms with Crippen molar-refractivity contribution in [2.45, 2.75) is 19.3 Å². The molecule has 4 rings (SSSR count). The number of non-ortho nitro benzene ring substituents is 2. The van der Waals surface area contributed by atoms with Crippen molar-refractivity contribution >= 4 is 35.1 Å². The van der Waals surface area contributed by atoms with Crippen LogP contribution >= 0.6 is 0 Å². The Kier molecular flexibility index (Phi) is 5.29. The summed E-state index contributed by atoms with van der Waals surface area (Å²) in [6.07, 6.45) is 4.62. The van der Waals surface area contributed by atoms with Gasteiger partial charge in [-0.1, -0.05) is 0 Å². The highest BCUT2D eigenvalue weighted by Gasteiger charge is 2.41. The molecule has 0 aromatic heterocycles. The van der Waals surface area contributed by atoms with Crippen LogP contribution in [0.15, 0.2) is 59.7 Å². The maximum absolute atomic E-state index is 12.9. The zero-order valence-electron chi connectivity index (χ0n) is 16.4. The van der Waals surface area contributed by atoms with E-state index < -0.39 is 9.85 Å². The van der Waals surface area contributed by atoms with E-state index in [9.17, 15) is 29.8 Å². The van der Waals surface area contributed by atoms with Crippen LogP contribution in [0.5, 0.6) is 0 Å². The van der Waals surface area contributed by atoms with Crippen molar-refractivity contribution in [3.8, 4) is 0 Å². The average molecular weight is 418 g/mol. The van der Waals surface area contributed by atoms with Gasteiger partial charge in [-0.3, -0.25) is 29.8 Å². The smallest absolute Gasteiger partial charge is 0.269 e. The van der Waals surface area contributed by atoms with E-state index in [2.05, 4.69) is 0 Å². The van der Waals surface area contributed by atoms with Crippen LogP contribution in [0.25, 0.3) is 12.2 Å². The number of hydrogen-bond donors (Lipinski definition) is 0. The number of carbonyl (C=O) groups is 2. The number of nitro groups is 2. The Hall–Kier alpha value is -3.94. The minimum absolute atomic E-state index is 0.00305. The molecular weight excluding hydrogens is 400 g/mol. The zero-order chi connectivity index (χ0) is 22.1. The second kappa shape index (κ2) is 8.06. The maximum atomic E-state index is 12.9. The van der Waals surface area contributed by atoms with Crippen LogP contribution in [0.4, 0.5) is 11.4 Å². The Morgan fingerprint density at radius 2 is 1.03 bits per heavy atom. The van der Waals surface area contributed by atoms with E-state index in [0.717, 1.165) is 0 Å². The second-order valence-corrected chi connectivity index (χ2v) is 7.80. The normalized spacial score (nSPS) is 23.2. The number of rotatable bonds is 4. The second-order valence-electron chi connectivity index (χ2n) is 7.80. The third-order valence-corrected chi connectivity index (χ3v) is 5.77. The molecule has 0 heterocycles. The summed E-state index contributed by atoms with van der Waals surface area (Å²) in [4.78, 5) is 46.5. The lowest BCUT2D eigenvalue weighted by Crippen LogP contribution is -2.37. The van der Waals surface area contributed by atoms with E-state index in [1.54, 1.807) is 36.4 Å². The third kappa shape index (κ3) is 4.18. The lowest BCUT2D eigenvalue weighted by Gasteiger charge is -2.35.